The molecular formula is C16H30O. The van der Waals surface area contributed by atoms with Crippen molar-refractivity contribution in [3.05, 3.63) is 0 Å². The van der Waals surface area contributed by atoms with Gasteiger partial charge in [0.15, 0.2) is 0 Å². The summed E-state index contributed by atoms with van der Waals surface area (Å²) < 4.78 is 0. The Morgan fingerprint density at radius 1 is 1.00 bits per heavy atom. The van der Waals surface area contributed by atoms with Crippen LogP contribution in [0.4, 0.5) is 0 Å². The molecule has 0 radical (unpaired) electrons. The van der Waals surface area contributed by atoms with E-state index in [1.807, 2.05) is 0 Å². The van der Waals surface area contributed by atoms with Crippen molar-refractivity contribution in [3.8, 4) is 0 Å². The van der Waals surface area contributed by atoms with E-state index in [4.69, 9.17) is 0 Å². The van der Waals surface area contributed by atoms with Gasteiger partial charge < -0.3 is 5.11 Å². The Bertz CT molecular complexity index is 246. The molecule has 2 unspecified atom stereocenters. The van der Waals surface area contributed by atoms with Crippen LogP contribution in [-0.4, -0.2) is 10.7 Å². The Labute approximate surface area is 107 Å². The van der Waals surface area contributed by atoms with Crippen molar-refractivity contribution in [2.24, 2.45) is 17.3 Å². The van der Waals surface area contributed by atoms with Gasteiger partial charge in [0.1, 0.15) is 0 Å². The van der Waals surface area contributed by atoms with Gasteiger partial charge in [-0.3, -0.25) is 0 Å². The molecule has 17 heavy (non-hydrogen) atoms. The minimum atomic E-state index is -0.323. The summed E-state index contributed by atoms with van der Waals surface area (Å²) in [6.45, 7) is 7.01. The second-order valence-electron chi connectivity index (χ2n) is 7.33. The van der Waals surface area contributed by atoms with E-state index in [0.717, 1.165) is 18.8 Å². The molecule has 2 aliphatic carbocycles. The maximum absolute atomic E-state index is 11.0. The van der Waals surface area contributed by atoms with Crippen molar-refractivity contribution in [3.63, 3.8) is 0 Å². The summed E-state index contributed by atoms with van der Waals surface area (Å²) in [6, 6.07) is 0. The van der Waals surface area contributed by atoms with Crippen molar-refractivity contribution in [1.82, 2.24) is 0 Å². The molecule has 0 heterocycles. The third kappa shape index (κ3) is 2.86. The maximum atomic E-state index is 11.0. The fraction of sp³-hybridized carbons (Fsp3) is 1.00. The smallest absolute Gasteiger partial charge is 0.0678 e. The van der Waals surface area contributed by atoms with Crippen LogP contribution < -0.4 is 0 Å². The molecule has 1 heteroatoms. The lowest BCUT2D eigenvalue weighted by molar-refractivity contribution is -0.100. The molecule has 0 bridgehead atoms. The predicted molar refractivity (Wildman–Crippen MR) is 72.9 cm³/mol. The van der Waals surface area contributed by atoms with Gasteiger partial charge in [0.05, 0.1) is 5.60 Å². The minimum Gasteiger partial charge on any atom is -0.390 e. The zero-order valence-corrected chi connectivity index (χ0v) is 12.0. The topological polar surface area (TPSA) is 20.2 Å². The Kier molecular flexibility index (Phi) is 3.87. The first kappa shape index (κ1) is 13.4. The first-order valence-electron chi connectivity index (χ1n) is 7.69. The highest BCUT2D eigenvalue weighted by molar-refractivity contribution is 4.96. The summed E-state index contributed by atoms with van der Waals surface area (Å²) in [5, 5.41) is 11.0. The van der Waals surface area contributed by atoms with E-state index < -0.39 is 0 Å². The van der Waals surface area contributed by atoms with Gasteiger partial charge in [-0.1, -0.05) is 46.5 Å². The van der Waals surface area contributed by atoms with E-state index in [2.05, 4.69) is 20.8 Å². The van der Waals surface area contributed by atoms with Crippen LogP contribution in [0.3, 0.4) is 0 Å². The average Bonchev–Trinajstić information content (AvgIpc) is 2.33. The molecule has 2 aliphatic rings. The zero-order chi connectivity index (χ0) is 12.5. The first-order chi connectivity index (χ1) is 7.97. The highest BCUT2D eigenvalue weighted by Gasteiger charge is 2.45. The third-order valence-corrected chi connectivity index (χ3v) is 5.59. The molecule has 1 nitrogen and oxygen atoms in total. The van der Waals surface area contributed by atoms with Gasteiger partial charge in [0.25, 0.3) is 0 Å². The standard InChI is InChI=1S/C16H30O/c1-4-13-7-5-6-8-14(13)16(17)11-9-15(2,3)10-12-16/h13-14,17H,4-12H2,1-3H3. The summed E-state index contributed by atoms with van der Waals surface area (Å²) in [5.74, 6) is 1.38. The molecule has 0 aliphatic heterocycles. The quantitative estimate of drug-likeness (QED) is 0.749. The van der Waals surface area contributed by atoms with Crippen molar-refractivity contribution < 1.29 is 5.11 Å². The van der Waals surface area contributed by atoms with Gasteiger partial charge in [-0.05, 0) is 49.4 Å². The third-order valence-electron chi connectivity index (χ3n) is 5.59. The van der Waals surface area contributed by atoms with Crippen LogP contribution in [0.1, 0.15) is 78.6 Å². The lowest BCUT2D eigenvalue weighted by atomic mass is 9.61. The molecular weight excluding hydrogens is 208 g/mol. The first-order valence-corrected chi connectivity index (χ1v) is 7.69. The average molecular weight is 238 g/mol. The summed E-state index contributed by atoms with van der Waals surface area (Å²) in [4.78, 5) is 0. The van der Waals surface area contributed by atoms with Crippen LogP contribution in [-0.2, 0) is 0 Å². The van der Waals surface area contributed by atoms with E-state index in [1.165, 1.54) is 44.9 Å². The van der Waals surface area contributed by atoms with Crippen LogP contribution in [0, 0.1) is 17.3 Å². The molecule has 0 aromatic rings. The second kappa shape index (κ2) is 4.91. The van der Waals surface area contributed by atoms with Crippen molar-refractivity contribution >= 4 is 0 Å². The van der Waals surface area contributed by atoms with E-state index in [-0.39, 0.29) is 5.60 Å². The molecule has 0 aromatic carbocycles. The van der Waals surface area contributed by atoms with Gasteiger partial charge in [0.2, 0.25) is 0 Å². The molecule has 0 saturated heterocycles. The van der Waals surface area contributed by atoms with Crippen LogP contribution >= 0.6 is 0 Å². The lowest BCUT2D eigenvalue weighted by Gasteiger charge is -2.48. The highest BCUT2D eigenvalue weighted by Crippen LogP contribution is 2.49. The van der Waals surface area contributed by atoms with Crippen molar-refractivity contribution in [2.45, 2.75) is 84.2 Å². The fourth-order valence-electron chi connectivity index (χ4n) is 4.13. The van der Waals surface area contributed by atoms with Crippen LogP contribution in [0.15, 0.2) is 0 Å². The Hall–Kier alpha value is -0.0400. The number of rotatable bonds is 2. The summed E-state index contributed by atoms with van der Waals surface area (Å²) >= 11 is 0. The van der Waals surface area contributed by atoms with Crippen molar-refractivity contribution in [2.75, 3.05) is 0 Å². The van der Waals surface area contributed by atoms with Gasteiger partial charge in [-0.15, -0.1) is 0 Å². The molecule has 0 amide bonds. The van der Waals surface area contributed by atoms with Gasteiger partial charge >= 0.3 is 0 Å². The summed E-state index contributed by atoms with van der Waals surface area (Å²) in [6.07, 6.45) is 11.1. The lowest BCUT2D eigenvalue weighted by Crippen LogP contribution is -2.47. The second-order valence-corrected chi connectivity index (χ2v) is 7.33. The van der Waals surface area contributed by atoms with Crippen LogP contribution in [0.25, 0.3) is 0 Å². The van der Waals surface area contributed by atoms with Crippen LogP contribution in [0.5, 0.6) is 0 Å². The number of aliphatic hydroxyl groups is 1. The van der Waals surface area contributed by atoms with Gasteiger partial charge in [-0.25, -0.2) is 0 Å². The minimum absolute atomic E-state index is 0.323. The summed E-state index contributed by atoms with van der Waals surface area (Å²) in [5.41, 5.74) is 0.138. The van der Waals surface area contributed by atoms with E-state index in [9.17, 15) is 5.11 Å². The molecule has 1 N–H and O–H groups in total. The number of hydrogen-bond donors (Lipinski definition) is 1. The van der Waals surface area contributed by atoms with Crippen molar-refractivity contribution in [1.29, 1.82) is 0 Å². The zero-order valence-electron chi connectivity index (χ0n) is 12.0. The molecule has 2 rings (SSSR count). The van der Waals surface area contributed by atoms with E-state index in [1.54, 1.807) is 0 Å². The molecule has 2 fully saturated rings. The Balaban J connectivity index is 2.04. The van der Waals surface area contributed by atoms with E-state index >= 15 is 0 Å². The largest absolute Gasteiger partial charge is 0.390 e. The SMILES string of the molecule is CCC1CCCCC1C1(O)CCC(C)(C)CC1. The highest BCUT2D eigenvalue weighted by atomic mass is 16.3. The van der Waals surface area contributed by atoms with Gasteiger partial charge in [0, 0.05) is 0 Å². The monoisotopic (exact) mass is 238 g/mol. The molecule has 2 atom stereocenters. The molecule has 0 spiro atoms. The van der Waals surface area contributed by atoms with E-state index in [0.29, 0.717) is 11.3 Å². The molecule has 2 saturated carbocycles. The summed E-state index contributed by atoms with van der Waals surface area (Å²) in [7, 11) is 0. The normalized spacial score (nSPS) is 36.7. The predicted octanol–water partition coefficient (Wildman–Crippen LogP) is 4.53. The Morgan fingerprint density at radius 3 is 2.18 bits per heavy atom. The Morgan fingerprint density at radius 2 is 1.59 bits per heavy atom. The van der Waals surface area contributed by atoms with Crippen LogP contribution in [0.2, 0.25) is 0 Å². The molecule has 0 aromatic heterocycles. The fourth-order valence-corrected chi connectivity index (χ4v) is 4.13. The van der Waals surface area contributed by atoms with Gasteiger partial charge in [-0.2, -0.15) is 0 Å². The maximum Gasteiger partial charge on any atom is 0.0678 e. The molecule has 100 valence electrons. The number of hydrogen-bond acceptors (Lipinski definition) is 1.